The summed E-state index contributed by atoms with van der Waals surface area (Å²) in [4.78, 5) is 14.8. The van der Waals surface area contributed by atoms with Crippen molar-refractivity contribution in [1.82, 2.24) is 10.2 Å². The Balaban J connectivity index is 0.00000288. The van der Waals surface area contributed by atoms with Gasteiger partial charge in [-0.25, -0.2) is 0 Å². The third kappa shape index (κ3) is 9.46. The van der Waals surface area contributed by atoms with Gasteiger partial charge in [0.2, 0.25) is 5.91 Å². The second-order valence-electron chi connectivity index (χ2n) is 7.75. The van der Waals surface area contributed by atoms with Crippen molar-refractivity contribution in [1.29, 1.82) is 0 Å². The van der Waals surface area contributed by atoms with E-state index in [0.29, 0.717) is 13.0 Å². The molecule has 2 fully saturated rings. The van der Waals surface area contributed by atoms with Gasteiger partial charge < -0.3 is 16.0 Å². The molecular formula is C19H39Cl2N3O. The highest BCUT2D eigenvalue weighted by atomic mass is 35.5. The minimum Gasteiger partial charge on any atom is -0.356 e. The van der Waals surface area contributed by atoms with Crippen LogP contribution in [-0.2, 0) is 4.79 Å². The van der Waals surface area contributed by atoms with Gasteiger partial charge in [-0.15, -0.1) is 24.8 Å². The molecule has 0 bridgehead atoms. The Morgan fingerprint density at radius 1 is 0.920 bits per heavy atom. The van der Waals surface area contributed by atoms with Crippen molar-refractivity contribution in [3.05, 3.63) is 0 Å². The van der Waals surface area contributed by atoms with Crippen molar-refractivity contribution in [2.24, 2.45) is 11.1 Å². The van der Waals surface area contributed by atoms with Gasteiger partial charge in [-0.3, -0.25) is 4.79 Å². The maximum Gasteiger partial charge on any atom is 0.220 e. The topological polar surface area (TPSA) is 58.4 Å². The number of carbonyl (C=O) groups excluding carboxylic acids is 1. The fraction of sp³-hybridized carbons (Fsp3) is 0.947. The number of hydrogen-bond acceptors (Lipinski definition) is 3. The van der Waals surface area contributed by atoms with Gasteiger partial charge in [0, 0.05) is 13.0 Å². The van der Waals surface area contributed by atoms with E-state index in [1.807, 2.05) is 0 Å². The number of rotatable bonds is 9. The third-order valence-electron chi connectivity index (χ3n) is 5.80. The number of nitrogens with one attached hydrogen (secondary N) is 1. The van der Waals surface area contributed by atoms with E-state index < -0.39 is 0 Å². The van der Waals surface area contributed by atoms with Crippen molar-refractivity contribution >= 4 is 30.7 Å². The Kier molecular flexibility index (Phi) is 14.1. The molecule has 0 aromatic rings. The normalized spacial score (nSPS) is 20.2. The maximum atomic E-state index is 12.2. The molecule has 25 heavy (non-hydrogen) atoms. The molecule has 0 aromatic carbocycles. The number of carbonyl (C=O) groups is 1. The van der Waals surface area contributed by atoms with Crippen LogP contribution >= 0.6 is 24.8 Å². The molecule has 1 saturated heterocycles. The molecule has 1 heterocycles. The summed E-state index contributed by atoms with van der Waals surface area (Å²) in [6, 6.07) is 0. The fourth-order valence-electron chi connectivity index (χ4n) is 4.21. The number of nitrogens with two attached hydrogens (primary N) is 1. The van der Waals surface area contributed by atoms with Gasteiger partial charge >= 0.3 is 0 Å². The van der Waals surface area contributed by atoms with Crippen LogP contribution < -0.4 is 11.1 Å². The van der Waals surface area contributed by atoms with E-state index in [0.717, 1.165) is 25.8 Å². The monoisotopic (exact) mass is 395 g/mol. The molecule has 1 aliphatic carbocycles. The first-order chi connectivity index (χ1) is 11.2. The minimum atomic E-state index is 0. The van der Waals surface area contributed by atoms with E-state index in [2.05, 4.69) is 10.2 Å². The predicted molar refractivity (Wildman–Crippen MR) is 111 cm³/mol. The van der Waals surface area contributed by atoms with Crippen molar-refractivity contribution < 1.29 is 4.79 Å². The zero-order valence-electron chi connectivity index (χ0n) is 15.8. The summed E-state index contributed by atoms with van der Waals surface area (Å²) in [5.74, 6) is 0.216. The van der Waals surface area contributed by atoms with E-state index in [-0.39, 0.29) is 36.1 Å². The third-order valence-corrected chi connectivity index (χ3v) is 5.80. The highest BCUT2D eigenvalue weighted by molar-refractivity contribution is 5.85. The van der Waals surface area contributed by atoms with Crippen molar-refractivity contribution in [2.45, 2.75) is 77.0 Å². The largest absolute Gasteiger partial charge is 0.356 e. The molecule has 6 heteroatoms. The lowest BCUT2D eigenvalue weighted by molar-refractivity contribution is -0.123. The van der Waals surface area contributed by atoms with Crippen LogP contribution in [0.2, 0.25) is 0 Å². The average Bonchev–Trinajstić information content (AvgIpc) is 2.59. The molecule has 2 aliphatic rings. The number of hydrogen-bond donors (Lipinski definition) is 2. The summed E-state index contributed by atoms with van der Waals surface area (Å²) >= 11 is 0. The molecule has 2 rings (SSSR count). The lowest BCUT2D eigenvalue weighted by Gasteiger charge is -2.35. The Morgan fingerprint density at radius 3 is 2.20 bits per heavy atom. The Labute approximate surface area is 166 Å². The molecule has 150 valence electrons. The van der Waals surface area contributed by atoms with Gasteiger partial charge in [0.25, 0.3) is 0 Å². The zero-order chi connectivity index (χ0) is 16.4. The van der Waals surface area contributed by atoms with Crippen molar-refractivity contribution in [2.75, 3.05) is 32.7 Å². The summed E-state index contributed by atoms with van der Waals surface area (Å²) in [7, 11) is 0. The van der Waals surface area contributed by atoms with Crippen LogP contribution in [0.25, 0.3) is 0 Å². The SMILES string of the molecule is Cl.Cl.NCC1(CC(=O)NCCCCCN2CCCCC2)CCCCC1. The van der Waals surface area contributed by atoms with Crippen molar-refractivity contribution in [3.63, 3.8) is 0 Å². The van der Waals surface area contributed by atoms with Gasteiger partial charge in [-0.1, -0.05) is 32.1 Å². The van der Waals surface area contributed by atoms with Crippen LogP contribution in [0.5, 0.6) is 0 Å². The molecule has 0 unspecified atom stereocenters. The first kappa shape index (κ1) is 25.0. The van der Waals surface area contributed by atoms with Crippen LogP contribution in [0.15, 0.2) is 0 Å². The number of likely N-dealkylation sites (tertiary alicyclic amines) is 1. The second kappa shape index (κ2) is 14.1. The molecule has 4 nitrogen and oxygen atoms in total. The highest BCUT2D eigenvalue weighted by Gasteiger charge is 2.32. The average molecular weight is 396 g/mol. The first-order valence-electron chi connectivity index (χ1n) is 9.93. The van der Waals surface area contributed by atoms with E-state index in [1.165, 1.54) is 71.0 Å². The molecular weight excluding hydrogens is 357 g/mol. The van der Waals surface area contributed by atoms with Gasteiger partial charge in [0.05, 0.1) is 0 Å². The zero-order valence-corrected chi connectivity index (χ0v) is 17.4. The Morgan fingerprint density at radius 2 is 1.56 bits per heavy atom. The van der Waals surface area contributed by atoms with Crippen LogP contribution in [0.3, 0.4) is 0 Å². The lowest BCUT2D eigenvalue weighted by atomic mass is 9.71. The van der Waals surface area contributed by atoms with Gasteiger partial charge in [-0.2, -0.15) is 0 Å². The molecule has 0 radical (unpaired) electrons. The van der Waals surface area contributed by atoms with Gasteiger partial charge in [0.1, 0.15) is 0 Å². The van der Waals surface area contributed by atoms with Crippen LogP contribution in [0.1, 0.15) is 77.0 Å². The Bertz CT molecular complexity index is 344. The Hall–Kier alpha value is -0.0300. The van der Waals surface area contributed by atoms with Crippen LogP contribution in [0, 0.1) is 5.41 Å². The minimum absolute atomic E-state index is 0. The molecule has 3 N–H and O–H groups in total. The number of unbranched alkanes of at least 4 members (excludes halogenated alkanes) is 2. The molecule has 1 saturated carbocycles. The van der Waals surface area contributed by atoms with E-state index >= 15 is 0 Å². The van der Waals surface area contributed by atoms with Gasteiger partial charge in [-0.05, 0) is 70.1 Å². The number of amides is 1. The fourth-order valence-corrected chi connectivity index (χ4v) is 4.21. The molecule has 0 spiro atoms. The first-order valence-corrected chi connectivity index (χ1v) is 9.93. The summed E-state index contributed by atoms with van der Waals surface area (Å²) in [6.07, 6.45) is 14.4. The molecule has 1 amide bonds. The maximum absolute atomic E-state index is 12.2. The second-order valence-corrected chi connectivity index (χ2v) is 7.75. The summed E-state index contributed by atoms with van der Waals surface area (Å²) in [5, 5.41) is 3.12. The number of piperidine rings is 1. The molecule has 1 aliphatic heterocycles. The van der Waals surface area contributed by atoms with Crippen LogP contribution in [0.4, 0.5) is 0 Å². The van der Waals surface area contributed by atoms with Gasteiger partial charge in [0.15, 0.2) is 0 Å². The van der Waals surface area contributed by atoms with Crippen molar-refractivity contribution in [3.8, 4) is 0 Å². The summed E-state index contributed by atoms with van der Waals surface area (Å²) < 4.78 is 0. The summed E-state index contributed by atoms with van der Waals surface area (Å²) in [5.41, 5.74) is 6.06. The molecule has 0 aromatic heterocycles. The smallest absolute Gasteiger partial charge is 0.220 e. The number of nitrogens with zero attached hydrogens (tertiary/aromatic N) is 1. The summed E-state index contributed by atoms with van der Waals surface area (Å²) in [6.45, 7) is 5.32. The predicted octanol–water partition coefficient (Wildman–Crippen LogP) is 3.90. The quantitative estimate of drug-likeness (QED) is 0.581. The lowest BCUT2D eigenvalue weighted by Crippen LogP contribution is -2.38. The van der Waals surface area contributed by atoms with E-state index in [1.54, 1.807) is 0 Å². The van der Waals surface area contributed by atoms with Crippen LogP contribution in [-0.4, -0.2) is 43.5 Å². The van der Waals surface area contributed by atoms with E-state index in [4.69, 9.17) is 5.73 Å². The number of halogens is 2. The van der Waals surface area contributed by atoms with E-state index in [9.17, 15) is 4.79 Å². The highest BCUT2D eigenvalue weighted by Crippen LogP contribution is 2.38. The standard InChI is InChI=1S/C19H37N3O.2ClH/c20-17-19(10-4-1-5-11-19)16-18(23)21-12-6-2-7-13-22-14-8-3-9-15-22;;/h1-17,20H2,(H,21,23);2*1H. The molecule has 0 atom stereocenters.